The van der Waals surface area contributed by atoms with Crippen LogP contribution in [0.3, 0.4) is 0 Å². The molecular weight excluding hydrogens is 279 g/mol. The second-order valence-electron chi connectivity index (χ2n) is 3.43. The van der Waals surface area contributed by atoms with Gasteiger partial charge in [-0.15, -0.1) is 12.4 Å². The van der Waals surface area contributed by atoms with Crippen LogP contribution >= 0.6 is 28.3 Å². The van der Waals surface area contributed by atoms with Crippen LogP contribution in [0.5, 0.6) is 5.75 Å². The van der Waals surface area contributed by atoms with Gasteiger partial charge in [-0.2, -0.15) is 0 Å². The van der Waals surface area contributed by atoms with Crippen LogP contribution in [0.15, 0.2) is 22.9 Å². The molecule has 1 atom stereocenters. The lowest BCUT2D eigenvalue weighted by molar-refractivity contribution is 0.166. The standard InChI is InChI=1S/C10H13BrN2O.ClH/c11-8-4-10(7-13-5-8)14-9-2-1-3-12-6-9;/h4-5,7,9,12H,1-3,6H2;1H/t9-;/m1./s1. The zero-order chi connectivity index (χ0) is 9.80. The number of ether oxygens (including phenoxy) is 1. The number of rotatable bonds is 2. The Balaban J connectivity index is 0.00000112. The number of nitrogens with zero attached hydrogens (tertiary/aromatic N) is 1. The number of halogens is 2. The number of hydrogen-bond acceptors (Lipinski definition) is 3. The fourth-order valence-corrected chi connectivity index (χ4v) is 1.91. The Morgan fingerprint density at radius 2 is 2.33 bits per heavy atom. The summed E-state index contributed by atoms with van der Waals surface area (Å²) in [5, 5.41) is 3.31. The zero-order valence-corrected chi connectivity index (χ0v) is 10.7. The Labute approximate surface area is 104 Å². The van der Waals surface area contributed by atoms with Crippen LogP contribution < -0.4 is 10.1 Å². The van der Waals surface area contributed by atoms with E-state index in [0.29, 0.717) is 6.10 Å². The first-order chi connectivity index (χ1) is 6.84. The molecule has 0 unspecified atom stereocenters. The Morgan fingerprint density at radius 1 is 1.47 bits per heavy atom. The van der Waals surface area contributed by atoms with Crippen LogP contribution in [-0.4, -0.2) is 24.2 Å². The summed E-state index contributed by atoms with van der Waals surface area (Å²) in [6, 6.07) is 1.95. The lowest BCUT2D eigenvalue weighted by Gasteiger charge is -2.23. The van der Waals surface area contributed by atoms with Crippen molar-refractivity contribution < 1.29 is 4.74 Å². The van der Waals surface area contributed by atoms with Crippen LogP contribution in [0.4, 0.5) is 0 Å². The lowest BCUT2D eigenvalue weighted by atomic mass is 10.1. The second kappa shape index (κ2) is 6.30. The minimum Gasteiger partial charge on any atom is -0.487 e. The minimum absolute atomic E-state index is 0. The quantitative estimate of drug-likeness (QED) is 0.909. The molecule has 1 aromatic rings. The second-order valence-corrected chi connectivity index (χ2v) is 4.34. The third-order valence-corrected chi connectivity index (χ3v) is 2.67. The summed E-state index contributed by atoms with van der Waals surface area (Å²) >= 11 is 3.37. The molecule has 0 amide bonds. The first kappa shape index (κ1) is 12.7. The van der Waals surface area contributed by atoms with E-state index in [1.807, 2.05) is 6.07 Å². The van der Waals surface area contributed by atoms with Crippen LogP contribution in [0.25, 0.3) is 0 Å². The average molecular weight is 294 g/mol. The Bertz CT molecular complexity index is 305. The molecule has 0 aliphatic carbocycles. The molecule has 5 heteroatoms. The molecule has 0 aromatic carbocycles. The van der Waals surface area contributed by atoms with E-state index in [0.717, 1.165) is 29.7 Å². The van der Waals surface area contributed by atoms with Crippen molar-refractivity contribution in [2.45, 2.75) is 18.9 Å². The molecule has 1 saturated heterocycles. The van der Waals surface area contributed by atoms with Crippen molar-refractivity contribution in [2.24, 2.45) is 0 Å². The van der Waals surface area contributed by atoms with E-state index >= 15 is 0 Å². The summed E-state index contributed by atoms with van der Waals surface area (Å²) in [5.74, 6) is 0.841. The van der Waals surface area contributed by atoms with E-state index < -0.39 is 0 Å². The largest absolute Gasteiger partial charge is 0.487 e. The van der Waals surface area contributed by atoms with Gasteiger partial charge in [0.15, 0.2) is 0 Å². The Kier molecular flexibility index (Phi) is 5.36. The van der Waals surface area contributed by atoms with Gasteiger partial charge >= 0.3 is 0 Å². The molecule has 0 saturated carbocycles. The van der Waals surface area contributed by atoms with Gasteiger partial charge in [-0.25, -0.2) is 0 Å². The third kappa shape index (κ3) is 3.97. The van der Waals surface area contributed by atoms with Gasteiger partial charge in [0.1, 0.15) is 11.9 Å². The van der Waals surface area contributed by atoms with Crippen LogP contribution in [0, 0.1) is 0 Å². The van der Waals surface area contributed by atoms with Crippen molar-refractivity contribution >= 4 is 28.3 Å². The van der Waals surface area contributed by atoms with Crippen LogP contribution in [-0.2, 0) is 0 Å². The van der Waals surface area contributed by atoms with Gasteiger partial charge in [-0.05, 0) is 41.4 Å². The van der Waals surface area contributed by atoms with Gasteiger partial charge in [-0.3, -0.25) is 4.98 Å². The molecule has 2 heterocycles. The number of aromatic nitrogens is 1. The predicted molar refractivity (Wildman–Crippen MR) is 65.7 cm³/mol. The molecule has 1 aliphatic heterocycles. The smallest absolute Gasteiger partial charge is 0.139 e. The maximum Gasteiger partial charge on any atom is 0.139 e. The van der Waals surface area contributed by atoms with E-state index in [9.17, 15) is 0 Å². The molecule has 1 fully saturated rings. The van der Waals surface area contributed by atoms with Crippen molar-refractivity contribution in [1.29, 1.82) is 0 Å². The third-order valence-electron chi connectivity index (χ3n) is 2.23. The van der Waals surface area contributed by atoms with Crippen molar-refractivity contribution in [3.8, 4) is 5.75 Å². The normalized spacial score (nSPS) is 20.5. The SMILES string of the molecule is Brc1cncc(O[C@@H]2CCCNC2)c1.Cl. The molecule has 3 nitrogen and oxygen atoms in total. The molecular formula is C10H14BrClN2O. The highest BCUT2D eigenvalue weighted by Crippen LogP contribution is 2.18. The molecule has 2 rings (SSSR count). The van der Waals surface area contributed by atoms with Gasteiger partial charge in [0.2, 0.25) is 0 Å². The summed E-state index contributed by atoms with van der Waals surface area (Å²) in [6.45, 7) is 2.04. The molecule has 1 aromatic heterocycles. The van der Waals surface area contributed by atoms with Gasteiger partial charge in [0, 0.05) is 17.2 Å². The fraction of sp³-hybridized carbons (Fsp3) is 0.500. The monoisotopic (exact) mass is 292 g/mol. The maximum atomic E-state index is 5.78. The minimum atomic E-state index is 0. The van der Waals surface area contributed by atoms with Crippen molar-refractivity contribution in [3.05, 3.63) is 22.9 Å². The van der Waals surface area contributed by atoms with Gasteiger partial charge in [-0.1, -0.05) is 0 Å². The summed E-state index contributed by atoms with van der Waals surface area (Å²) in [5.41, 5.74) is 0. The first-order valence-electron chi connectivity index (χ1n) is 4.82. The Hall–Kier alpha value is -0.320. The van der Waals surface area contributed by atoms with E-state index in [2.05, 4.69) is 26.2 Å². The molecule has 0 bridgehead atoms. The number of pyridine rings is 1. The summed E-state index contributed by atoms with van der Waals surface area (Å²) in [4.78, 5) is 4.06. The highest BCUT2D eigenvalue weighted by Gasteiger charge is 2.14. The van der Waals surface area contributed by atoms with Crippen molar-refractivity contribution in [3.63, 3.8) is 0 Å². The van der Waals surface area contributed by atoms with E-state index in [-0.39, 0.29) is 12.4 Å². The summed E-state index contributed by atoms with van der Waals surface area (Å²) < 4.78 is 6.74. The number of hydrogen-bond donors (Lipinski definition) is 1. The molecule has 15 heavy (non-hydrogen) atoms. The Morgan fingerprint density at radius 3 is 3.00 bits per heavy atom. The van der Waals surface area contributed by atoms with E-state index in [1.54, 1.807) is 12.4 Å². The predicted octanol–water partition coefficient (Wildman–Crippen LogP) is 2.40. The number of nitrogens with one attached hydrogen (secondary N) is 1. The molecule has 0 radical (unpaired) electrons. The summed E-state index contributed by atoms with van der Waals surface area (Å²) in [6.07, 6.45) is 6.11. The fourth-order valence-electron chi connectivity index (χ4n) is 1.57. The van der Waals surface area contributed by atoms with Crippen molar-refractivity contribution in [1.82, 2.24) is 10.3 Å². The molecule has 84 valence electrons. The van der Waals surface area contributed by atoms with Gasteiger partial charge < -0.3 is 10.1 Å². The molecule has 0 spiro atoms. The highest BCUT2D eigenvalue weighted by molar-refractivity contribution is 9.10. The summed E-state index contributed by atoms with van der Waals surface area (Å²) in [7, 11) is 0. The van der Waals surface area contributed by atoms with Gasteiger partial charge in [0.05, 0.1) is 6.20 Å². The average Bonchev–Trinajstić information content (AvgIpc) is 2.19. The maximum absolute atomic E-state index is 5.78. The topological polar surface area (TPSA) is 34.1 Å². The number of piperidine rings is 1. The molecule has 1 aliphatic rings. The van der Waals surface area contributed by atoms with E-state index in [1.165, 1.54) is 6.42 Å². The molecule has 1 N–H and O–H groups in total. The van der Waals surface area contributed by atoms with Gasteiger partial charge in [0.25, 0.3) is 0 Å². The highest BCUT2D eigenvalue weighted by atomic mass is 79.9. The lowest BCUT2D eigenvalue weighted by Crippen LogP contribution is -2.37. The van der Waals surface area contributed by atoms with Crippen LogP contribution in [0.2, 0.25) is 0 Å². The van der Waals surface area contributed by atoms with E-state index in [4.69, 9.17) is 4.74 Å². The first-order valence-corrected chi connectivity index (χ1v) is 5.62. The van der Waals surface area contributed by atoms with Crippen LogP contribution in [0.1, 0.15) is 12.8 Å². The zero-order valence-electron chi connectivity index (χ0n) is 8.28. The van der Waals surface area contributed by atoms with Crippen molar-refractivity contribution in [2.75, 3.05) is 13.1 Å².